The molecule has 27 heavy (non-hydrogen) atoms. The molecule has 3 heterocycles. The predicted octanol–water partition coefficient (Wildman–Crippen LogP) is 1.26. The number of hydrogen-bond donors (Lipinski definition) is 1. The first-order valence-electron chi connectivity index (χ1n) is 8.50. The van der Waals surface area contributed by atoms with E-state index in [1.165, 1.54) is 12.3 Å². The number of likely N-dealkylation sites (tertiary alicyclic amines) is 1. The molecule has 2 unspecified atom stereocenters. The van der Waals surface area contributed by atoms with Gasteiger partial charge in [-0.15, -0.1) is 4.72 Å². The summed E-state index contributed by atoms with van der Waals surface area (Å²) >= 11 is 0. The second-order valence-corrected chi connectivity index (χ2v) is 8.36. The third kappa shape index (κ3) is 3.29. The number of nitrogens with one attached hydrogen (secondary N) is 1. The molecule has 2 aliphatic heterocycles. The lowest BCUT2D eigenvalue weighted by Crippen LogP contribution is -2.49. The molecule has 1 N–H and O–H groups in total. The van der Waals surface area contributed by atoms with Crippen LogP contribution in [0.15, 0.2) is 47.5 Å². The Morgan fingerprint density at radius 2 is 2.15 bits per heavy atom. The standard InChI is InChI=1S/C18H19N3O5S/c1-25-14-6-4-13(5-7-14)17(22)21-10-8-18(12-21)11-20-27(23,24)15-3-2-9-19-16(15)26-18/h2-7,9H,8,10-12H2,1H3,(H-,20,23,24). The molecule has 2 aliphatic rings. The van der Waals surface area contributed by atoms with Crippen molar-refractivity contribution in [2.45, 2.75) is 16.9 Å². The van der Waals surface area contributed by atoms with Crippen LogP contribution in [0.2, 0.25) is 0 Å². The summed E-state index contributed by atoms with van der Waals surface area (Å²) in [5.41, 5.74) is -0.296. The number of benzene rings is 1. The van der Waals surface area contributed by atoms with E-state index in [2.05, 4.69) is 9.71 Å². The summed E-state index contributed by atoms with van der Waals surface area (Å²) in [6.07, 6.45) is 2.00. The van der Waals surface area contributed by atoms with E-state index in [9.17, 15) is 13.6 Å². The molecule has 1 fully saturated rings. The first kappa shape index (κ1) is 17.9. The number of ether oxygens (including phenoxy) is 2. The number of amides is 1. The van der Waals surface area contributed by atoms with Gasteiger partial charge < -0.3 is 18.9 Å². The largest absolute Gasteiger partial charge is 0.593 e. The highest BCUT2D eigenvalue weighted by molar-refractivity contribution is 7.95. The van der Waals surface area contributed by atoms with Crippen molar-refractivity contribution >= 4 is 16.3 Å². The van der Waals surface area contributed by atoms with E-state index < -0.39 is 16.0 Å². The Morgan fingerprint density at radius 3 is 2.89 bits per heavy atom. The van der Waals surface area contributed by atoms with Crippen LogP contribution >= 0.6 is 0 Å². The first-order valence-corrected chi connectivity index (χ1v) is 9.98. The molecule has 0 bridgehead atoms. The molecular formula is C18H19N3O5S. The van der Waals surface area contributed by atoms with Gasteiger partial charge in [0.15, 0.2) is 10.4 Å². The molecule has 2 atom stereocenters. The van der Waals surface area contributed by atoms with Crippen LogP contribution in [-0.4, -0.2) is 52.7 Å². The van der Waals surface area contributed by atoms with Gasteiger partial charge in [0.1, 0.15) is 11.4 Å². The molecule has 0 saturated carbocycles. The molecule has 8 nitrogen and oxygen atoms in total. The SMILES string of the molecule is COc1ccc(C(=O)N2CCC3(CN[S+](=O)([O-])c4cccnc4O3)C2)cc1. The van der Waals surface area contributed by atoms with E-state index in [0.717, 1.165) is 0 Å². The molecule has 1 spiro atoms. The van der Waals surface area contributed by atoms with Crippen molar-refractivity contribution in [3.05, 3.63) is 48.2 Å². The van der Waals surface area contributed by atoms with E-state index in [1.54, 1.807) is 42.3 Å². The monoisotopic (exact) mass is 389 g/mol. The van der Waals surface area contributed by atoms with Gasteiger partial charge in [-0.1, -0.05) is 4.21 Å². The fourth-order valence-electron chi connectivity index (χ4n) is 3.36. The Morgan fingerprint density at radius 1 is 1.37 bits per heavy atom. The fraction of sp³-hybridized carbons (Fsp3) is 0.333. The van der Waals surface area contributed by atoms with Gasteiger partial charge in [-0.2, -0.15) is 0 Å². The van der Waals surface area contributed by atoms with Crippen LogP contribution in [0.5, 0.6) is 11.6 Å². The minimum Gasteiger partial charge on any atom is -0.593 e. The predicted molar refractivity (Wildman–Crippen MR) is 96.2 cm³/mol. The lowest BCUT2D eigenvalue weighted by atomic mass is 10.0. The molecule has 4 rings (SSSR count). The average molecular weight is 389 g/mol. The molecule has 0 aliphatic carbocycles. The van der Waals surface area contributed by atoms with Gasteiger partial charge in [0.25, 0.3) is 11.8 Å². The van der Waals surface area contributed by atoms with E-state index in [1.807, 2.05) is 0 Å². The van der Waals surface area contributed by atoms with E-state index in [-0.39, 0.29) is 29.8 Å². The third-order valence-electron chi connectivity index (χ3n) is 4.86. The molecule has 1 saturated heterocycles. The molecule has 142 valence electrons. The van der Waals surface area contributed by atoms with Crippen molar-refractivity contribution in [3.63, 3.8) is 0 Å². The van der Waals surface area contributed by atoms with Crippen LogP contribution in [0.3, 0.4) is 0 Å². The van der Waals surface area contributed by atoms with Crippen LogP contribution in [0.1, 0.15) is 16.8 Å². The summed E-state index contributed by atoms with van der Waals surface area (Å²) in [5.74, 6) is 0.612. The minimum absolute atomic E-state index is 0.0156. The van der Waals surface area contributed by atoms with Gasteiger partial charge in [0.05, 0.1) is 20.2 Å². The second kappa shape index (κ2) is 6.59. The van der Waals surface area contributed by atoms with Crippen LogP contribution in [0.4, 0.5) is 0 Å². The van der Waals surface area contributed by atoms with Gasteiger partial charge in [-0.25, -0.2) is 4.98 Å². The number of pyridine rings is 1. The number of sulfonamides is 1. The quantitative estimate of drug-likeness (QED) is 0.776. The number of hydrogen-bond acceptors (Lipinski definition) is 6. The topological polar surface area (TPSA) is 104 Å². The summed E-state index contributed by atoms with van der Waals surface area (Å²) in [5, 5.41) is 0. The molecule has 0 radical (unpaired) electrons. The lowest BCUT2D eigenvalue weighted by Gasteiger charge is -2.27. The highest BCUT2D eigenvalue weighted by atomic mass is 32.3. The molecule has 1 aromatic heterocycles. The summed E-state index contributed by atoms with van der Waals surface area (Å²) in [4.78, 5) is 18.6. The summed E-state index contributed by atoms with van der Waals surface area (Å²) in [6.45, 7) is 0.823. The summed E-state index contributed by atoms with van der Waals surface area (Å²) in [7, 11) is -2.13. The minimum atomic E-state index is -3.69. The molecule has 2 aromatic rings. The number of carbonyl (C=O) groups excluding carboxylic acids is 1. The van der Waals surface area contributed by atoms with Gasteiger partial charge in [-0.05, 0) is 30.3 Å². The van der Waals surface area contributed by atoms with E-state index in [0.29, 0.717) is 24.3 Å². The van der Waals surface area contributed by atoms with Crippen molar-refractivity contribution in [1.29, 1.82) is 0 Å². The number of methoxy groups -OCH3 is 1. The van der Waals surface area contributed by atoms with Crippen molar-refractivity contribution in [1.82, 2.24) is 14.6 Å². The number of nitrogens with zero attached hydrogens (tertiary/aromatic N) is 2. The normalized spacial score (nSPS) is 27.0. The Hall–Kier alpha value is -2.49. The van der Waals surface area contributed by atoms with Crippen molar-refractivity contribution < 1.29 is 23.0 Å². The van der Waals surface area contributed by atoms with Crippen LogP contribution in [0.25, 0.3) is 0 Å². The number of rotatable bonds is 2. The zero-order valence-corrected chi connectivity index (χ0v) is 15.5. The fourth-order valence-corrected chi connectivity index (χ4v) is 4.56. The lowest BCUT2D eigenvalue weighted by molar-refractivity contribution is 0.0612. The Labute approximate surface area is 157 Å². The Bertz CT molecular complexity index is 919. The highest BCUT2D eigenvalue weighted by Gasteiger charge is 2.48. The molecular weight excluding hydrogens is 370 g/mol. The zero-order valence-electron chi connectivity index (χ0n) is 14.7. The second-order valence-electron chi connectivity index (χ2n) is 6.62. The van der Waals surface area contributed by atoms with Gasteiger partial charge in [0.2, 0.25) is 4.90 Å². The van der Waals surface area contributed by atoms with Crippen molar-refractivity contribution in [2.24, 2.45) is 0 Å². The molecule has 9 heteroatoms. The van der Waals surface area contributed by atoms with E-state index in [4.69, 9.17) is 9.47 Å². The summed E-state index contributed by atoms with van der Waals surface area (Å²) < 4.78 is 38.5. The van der Waals surface area contributed by atoms with Crippen molar-refractivity contribution in [3.8, 4) is 11.6 Å². The number of aromatic nitrogens is 1. The van der Waals surface area contributed by atoms with Crippen molar-refractivity contribution in [2.75, 3.05) is 26.7 Å². The Kier molecular flexibility index (Phi) is 4.37. The van der Waals surface area contributed by atoms with E-state index >= 15 is 0 Å². The zero-order chi connectivity index (χ0) is 19.1. The average Bonchev–Trinajstić information content (AvgIpc) is 3.06. The third-order valence-corrected chi connectivity index (χ3v) is 6.28. The molecule has 1 amide bonds. The highest BCUT2D eigenvalue weighted by Crippen LogP contribution is 2.35. The van der Waals surface area contributed by atoms with Gasteiger partial charge in [0, 0.05) is 30.8 Å². The number of carbonyl (C=O) groups is 1. The van der Waals surface area contributed by atoms with Crippen LogP contribution in [-0.2, 0) is 14.6 Å². The van der Waals surface area contributed by atoms with Gasteiger partial charge >= 0.3 is 0 Å². The smallest absolute Gasteiger partial charge is 0.272 e. The van der Waals surface area contributed by atoms with Gasteiger partial charge in [-0.3, -0.25) is 4.79 Å². The summed E-state index contributed by atoms with van der Waals surface area (Å²) in [6, 6.07) is 9.89. The molecule has 1 aromatic carbocycles. The maximum absolute atomic E-state index is 12.8. The van der Waals surface area contributed by atoms with Crippen LogP contribution < -0.4 is 14.2 Å². The first-order chi connectivity index (χ1) is 12.9. The van der Waals surface area contributed by atoms with Crippen LogP contribution in [0, 0.1) is 0 Å². The maximum Gasteiger partial charge on any atom is 0.272 e. The Balaban J connectivity index is 1.56. The number of fused-ring (bicyclic) bond motifs is 1. The maximum atomic E-state index is 12.8.